The molecule has 2 rings (SSSR count). The molecule has 94 valence electrons. The molecule has 0 amide bonds. The summed E-state index contributed by atoms with van der Waals surface area (Å²) in [4.78, 5) is 4.69. The van der Waals surface area contributed by atoms with Crippen LogP contribution in [0.2, 0.25) is 0 Å². The molecule has 17 heavy (non-hydrogen) atoms. The van der Waals surface area contributed by atoms with Crippen molar-refractivity contribution in [2.45, 2.75) is 13.3 Å². The first-order valence-electron chi connectivity index (χ1n) is 6.32. The molecule has 1 aliphatic rings. The van der Waals surface area contributed by atoms with Crippen molar-refractivity contribution in [1.29, 1.82) is 0 Å². The maximum Gasteiger partial charge on any atom is 0.0597 e. The van der Waals surface area contributed by atoms with E-state index in [1.165, 1.54) is 25.1 Å². The summed E-state index contributed by atoms with van der Waals surface area (Å²) in [5.74, 6) is 0.769. The molecule has 2 N–H and O–H groups in total. The van der Waals surface area contributed by atoms with E-state index in [0.717, 1.165) is 23.8 Å². The van der Waals surface area contributed by atoms with E-state index in [0.29, 0.717) is 0 Å². The summed E-state index contributed by atoms with van der Waals surface area (Å²) in [6.45, 7) is 5.60. The Balaban J connectivity index is 2.01. The Morgan fingerprint density at radius 1 is 1.47 bits per heavy atom. The van der Waals surface area contributed by atoms with Crippen LogP contribution in [0.4, 0.5) is 11.4 Å². The number of aryl methyl sites for hydroxylation is 1. The number of rotatable bonds is 3. The molecule has 1 saturated heterocycles. The molecule has 0 spiro atoms. The minimum Gasteiger partial charge on any atom is -0.397 e. The van der Waals surface area contributed by atoms with E-state index in [9.17, 15) is 0 Å². The predicted octanol–water partition coefficient (Wildman–Crippen LogP) is 1.97. The summed E-state index contributed by atoms with van der Waals surface area (Å²) in [5, 5.41) is 0. The molecule has 0 aromatic heterocycles. The first-order valence-corrected chi connectivity index (χ1v) is 6.32. The molecule has 1 atom stereocenters. The van der Waals surface area contributed by atoms with E-state index in [-0.39, 0.29) is 0 Å². The summed E-state index contributed by atoms with van der Waals surface area (Å²) in [5.41, 5.74) is 9.34. The fraction of sp³-hybridized carbons (Fsp3) is 0.571. The van der Waals surface area contributed by atoms with Crippen molar-refractivity contribution in [3.05, 3.63) is 23.8 Å². The zero-order chi connectivity index (χ0) is 12.4. The summed E-state index contributed by atoms with van der Waals surface area (Å²) in [6.07, 6.45) is 1.30. The van der Waals surface area contributed by atoms with E-state index in [1.54, 1.807) is 0 Å². The largest absolute Gasteiger partial charge is 0.397 e. The van der Waals surface area contributed by atoms with Gasteiger partial charge in [0.2, 0.25) is 0 Å². The number of likely N-dealkylation sites (tertiary alicyclic amines) is 1. The Labute approximate surface area is 104 Å². The lowest BCUT2D eigenvalue weighted by Crippen LogP contribution is -2.27. The molecular weight excluding hydrogens is 210 g/mol. The van der Waals surface area contributed by atoms with Crippen LogP contribution in [0.25, 0.3) is 0 Å². The topological polar surface area (TPSA) is 32.5 Å². The van der Waals surface area contributed by atoms with Crippen LogP contribution in [0.3, 0.4) is 0 Å². The van der Waals surface area contributed by atoms with E-state index < -0.39 is 0 Å². The van der Waals surface area contributed by atoms with Crippen LogP contribution >= 0.6 is 0 Å². The molecule has 0 saturated carbocycles. The van der Waals surface area contributed by atoms with Gasteiger partial charge in [0.1, 0.15) is 0 Å². The third kappa shape index (κ3) is 2.91. The maximum absolute atomic E-state index is 6.07. The monoisotopic (exact) mass is 233 g/mol. The van der Waals surface area contributed by atoms with Crippen LogP contribution in [-0.4, -0.2) is 38.6 Å². The van der Waals surface area contributed by atoms with Gasteiger partial charge >= 0.3 is 0 Å². The van der Waals surface area contributed by atoms with Crippen LogP contribution in [0, 0.1) is 12.8 Å². The highest BCUT2D eigenvalue weighted by atomic mass is 15.2. The summed E-state index contributed by atoms with van der Waals surface area (Å²) in [6, 6.07) is 6.30. The second-order valence-corrected chi connectivity index (χ2v) is 5.36. The molecule has 3 nitrogen and oxygen atoms in total. The number of nitrogens with two attached hydrogens (primary N) is 1. The van der Waals surface area contributed by atoms with E-state index in [2.05, 4.69) is 43.0 Å². The van der Waals surface area contributed by atoms with Gasteiger partial charge in [-0.3, -0.25) is 0 Å². The average molecular weight is 233 g/mol. The van der Waals surface area contributed by atoms with Crippen molar-refractivity contribution in [2.24, 2.45) is 5.92 Å². The molecule has 1 heterocycles. The number of nitrogen functional groups attached to an aromatic ring is 1. The van der Waals surface area contributed by atoms with Crippen molar-refractivity contribution in [2.75, 3.05) is 44.4 Å². The van der Waals surface area contributed by atoms with Gasteiger partial charge in [-0.15, -0.1) is 0 Å². The van der Waals surface area contributed by atoms with Crippen LogP contribution in [0.15, 0.2) is 18.2 Å². The van der Waals surface area contributed by atoms with Gasteiger partial charge < -0.3 is 15.5 Å². The van der Waals surface area contributed by atoms with Gasteiger partial charge in [-0.05, 0) is 50.6 Å². The summed E-state index contributed by atoms with van der Waals surface area (Å²) in [7, 11) is 4.33. The quantitative estimate of drug-likeness (QED) is 0.810. The van der Waals surface area contributed by atoms with Gasteiger partial charge in [-0.25, -0.2) is 0 Å². The lowest BCUT2D eigenvalue weighted by Gasteiger charge is -2.24. The summed E-state index contributed by atoms with van der Waals surface area (Å²) >= 11 is 0. The average Bonchev–Trinajstić information content (AvgIpc) is 2.63. The number of anilines is 2. The zero-order valence-corrected chi connectivity index (χ0v) is 11.1. The van der Waals surface area contributed by atoms with E-state index >= 15 is 0 Å². The lowest BCUT2D eigenvalue weighted by molar-refractivity contribution is 0.396. The third-order valence-corrected chi connectivity index (χ3v) is 3.62. The first kappa shape index (κ1) is 12.2. The van der Waals surface area contributed by atoms with Crippen molar-refractivity contribution in [1.82, 2.24) is 4.90 Å². The zero-order valence-electron chi connectivity index (χ0n) is 11.1. The lowest BCUT2D eigenvalue weighted by atomic mass is 10.1. The van der Waals surface area contributed by atoms with Crippen LogP contribution in [-0.2, 0) is 0 Å². The number of benzene rings is 1. The fourth-order valence-electron chi connectivity index (χ4n) is 2.68. The number of hydrogen-bond donors (Lipinski definition) is 1. The van der Waals surface area contributed by atoms with E-state index in [1.807, 2.05) is 6.07 Å². The second-order valence-electron chi connectivity index (χ2n) is 5.36. The van der Waals surface area contributed by atoms with Crippen molar-refractivity contribution < 1.29 is 0 Å². The van der Waals surface area contributed by atoms with Crippen LogP contribution < -0.4 is 10.6 Å². The maximum atomic E-state index is 6.07. The van der Waals surface area contributed by atoms with Gasteiger partial charge in [-0.1, -0.05) is 6.07 Å². The Kier molecular flexibility index (Phi) is 3.57. The highest BCUT2D eigenvalue weighted by Gasteiger charge is 2.21. The molecular formula is C14H23N3. The molecule has 1 aromatic rings. The molecule has 0 bridgehead atoms. The highest BCUT2D eigenvalue weighted by Crippen LogP contribution is 2.25. The molecule has 1 aromatic carbocycles. The van der Waals surface area contributed by atoms with Gasteiger partial charge in [0.25, 0.3) is 0 Å². The fourth-order valence-corrected chi connectivity index (χ4v) is 2.68. The third-order valence-electron chi connectivity index (χ3n) is 3.62. The van der Waals surface area contributed by atoms with Crippen LogP contribution in [0.5, 0.6) is 0 Å². The Morgan fingerprint density at radius 2 is 2.24 bits per heavy atom. The van der Waals surface area contributed by atoms with Gasteiger partial charge in [0.05, 0.1) is 11.4 Å². The van der Waals surface area contributed by atoms with E-state index in [4.69, 9.17) is 5.73 Å². The standard InChI is InChI=1S/C14H23N3/c1-11-4-5-14(13(15)8-11)17(3)10-12-6-7-16(2)9-12/h4-5,8,12H,6-7,9-10,15H2,1-3H3. The predicted molar refractivity (Wildman–Crippen MR) is 74.5 cm³/mol. The normalized spacial score (nSPS) is 20.8. The minimum atomic E-state index is 0.769. The smallest absolute Gasteiger partial charge is 0.0597 e. The highest BCUT2D eigenvalue weighted by molar-refractivity contribution is 5.68. The molecule has 1 aliphatic heterocycles. The Hall–Kier alpha value is -1.22. The minimum absolute atomic E-state index is 0.769. The first-order chi connectivity index (χ1) is 8.06. The van der Waals surface area contributed by atoms with Crippen molar-refractivity contribution in [3.63, 3.8) is 0 Å². The number of nitrogens with zero attached hydrogens (tertiary/aromatic N) is 2. The van der Waals surface area contributed by atoms with Crippen molar-refractivity contribution in [3.8, 4) is 0 Å². The Bertz CT molecular complexity index is 389. The Morgan fingerprint density at radius 3 is 2.82 bits per heavy atom. The van der Waals surface area contributed by atoms with Crippen LogP contribution in [0.1, 0.15) is 12.0 Å². The molecule has 0 aliphatic carbocycles. The molecule has 3 heteroatoms. The molecule has 0 radical (unpaired) electrons. The summed E-state index contributed by atoms with van der Waals surface area (Å²) < 4.78 is 0. The molecule has 1 fully saturated rings. The van der Waals surface area contributed by atoms with Gasteiger partial charge in [0.15, 0.2) is 0 Å². The SMILES string of the molecule is Cc1ccc(N(C)CC2CCN(C)C2)c(N)c1. The van der Waals surface area contributed by atoms with Gasteiger partial charge in [-0.2, -0.15) is 0 Å². The molecule has 1 unspecified atom stereocenters. The van der Waals surface area contributed by atoms with Gasteiger partial charge in [0, 0.05) is 20.1 Å². The number of hydrogen-bond acceptors (Lipinski definition) is 3. The van der Waals surface area contributed by atoms with Crippen molar-refractivity contribution >= 4 is 11.4 Å². The second kappa shape index (κ2) is 4.96.